The Bertz CT molecular complexity index is 211. The van der Waals surface area contributed by atoms with Crippen LogP contribution in [0.5, 0.6) is 0 Å². The molecule has 0 aromatic rings. The number of nitrogens with one attached hydrogen (secondary N) is 1. The van der Waals surface area contributed by atoms with Gasteiger partial charge in [-0.1, -0.05) is 20.8 Å². The van der Waals surface area contributed by atoms with Gasteiger partial charge in [0.15, 0.2) is 0 Å². The molecule has 1 rings (SSSR count). The summed E-state index contributed by atoms with van der Waals surface area (Å²) < 4.78 is 0. The summed E-state index contributed by atoms with van der Waals surface area (Å²) in [6, 6.07) is 0.305. The van der Waals surface area contributed by atoms with Gasteiger partial charge in [0.1, 0.15) is 0 Å². The molecule has 0 radical (unpaired) electrons. The summed E-state index contributed by atoms with van der Waals surface area (Å²) in [5.41, 5.74) is 0.249. The minimum atomic E-state index is -0.801. The Kier molecular flexibility index (Phi) is 3.37. The Labute approximate surface area is 85.3 Å². The maximum atomic E-state index is 10.8. The second-order valence-electron chi connectivity index (χ2n) is 5.14. The van der Waals surface area contributed by atoms with E-state index in [-0.39, 0.29) is 5.41 Å². The molecule has 0 unspecified atom stereocenters. The van der Waals surface area contributed by atoms with Crippen molar-refractivity contribution in [2.24, 2.45) is 5.41 Å². The Morgan fingerprint density at radius 2 is 2.21 bits per heavy atom. The van der Waals surface area contributed by atoms with Crippen LogP contribution < -0.4 is 5.32 Å². The van der Waals surface area contributed by atoms with E-state index in [1.165, 1.54) is 4.90 Å². The maximum absolute atomic E-state index is 10.8. The molecule has 0 aromatic carbocycles. The predicted molar refractivity (Wildman–Crippen MR) is 55.5 cm³/mol. The topological polar surface area (TPSA) is 52.6 Å². The van der Waals surface area contributed by atoms with Crippen LogP contribution in [0.2, 0.25) is 0 Å². The van der Waals surface area contributed by atoms with Crippen LogP contribution >= 0.6 is 0 Å². The molecule has 1 fully saturated rings. The standard InChI is InChI=1S/C10H20N2O2/c1-10(2,3)6-8-7-12(9(13)14)5-4-11-8/h8,11H,4-7H2,1-3H3,(H,13,14)/t8-/m1/s1. The lowest BCUT2D eigenvalue weighted by molar-refractivity contribution is 0.121. The minimum absolute atomic E-state index is 0.249. The first kappa shape index (κ1) is 11.3. The van der Waals surface area contributed by atoms with Crippen molar-refractivity contribution in [2.45, 2.75) is 33.2 Å². The molecule has 1 amide bonds. The first-order valence-electron chi connectivity index (χ1n) is 5.10. The van der Waals surface area contributed by atoms with E-state index in [2.05, 4.69) is 26.1 Å². The maximum Gasteiger partial charge on any atom is 0.407 e. The van der Waals surface area contributed by atoms with Crippen LogP contribution in [0.1, 0.15) is 27.2 Å². The second kappa shape index (κ2) is 4.17. The van der Waals surface area contributed by atoms with Crippen molar-refractivity contribution in [3.63, 3.8) is 0 Å². The molecule has 4 heteroatoms. The van der Waals surface area contributed by atoms with E-state index in [0.717, 1.165) is 13.0 Å². The lowest BCUT2D eigenvalue weighted by Crippen LogP contribution is -2.53. The number of piperazine rings is 1. The van der Waals surface area contributed by atoms with Crippen molar-refractivity contribution in [3.05, 3.63) is 0 Å². The zero-order valence-electron chi connectivity index (χ0n) is 9.21. The van der Waals surface area contributed by atoms with Crippen molar-refractivity contribution in [1.29, 1.82) is 0 Å². The van der Waals surface area contributed by atoms with E-state index in [1.807, 2.05) is 0 Å². The Balaban J connectivity index is 2.44. The monoisotopic (exact) mass is 200 g/mol. The molecule has 0 spiro atoms. The highest BCUT2D eigenvalue weighted by atomic mass is 16.4. The van der Waals surface area contributed by atoms with Crippen LogP contribution in [0.25, 0.3) is 0 Å². The highest BCUT2D eigenvalue weighted by molar-refractivity contribution is 5.65. The number of carbonyl (C=O) groups is 1. The summed E-state index contributed by atoms with van der Waals surface area (Å²) >= 11 is 0. The molecule has 0 bridgehead atoms. The van der Waals surface area contributed by atoms with E-state index < -0.39 is 6.09 Å². The van der Waals surface area contributed by atoms with Gasteiger partial charge < -0.3 is 15.3 Å². The lowest BCUT2D eigenvalue weighted by Gasteiger charge is -2.35. The Morgan fingerprint density at radius 3 is 2.71 bits per heavy atom. The molecule has 0 aromatic heterocycles. The molecule has 82 valence electrons. The average molecular weight is 200 g/mol. The van der Waals surface area contributed by atoms with Crippen LogP contribution in [-0.2, 0) is 0 Å². The van der Waals surface area contributed by atoms with Gasteiger partial charge in [0, 0.05) is 25.7 Å². The summed E-state index contributed by atoms with van der Waals surface area (Å²) in [6.07, 6.45) is 0.210. The summed E-state index contributed by atoms with van der Waals surface area (Å²) in [7, 11) is 0. The van der Waals surface area contributed by atoms with E-state index in [9.17, 15) is 4.79 Å². The molecular weight excluding hydrogens is 180 g/mol. The van der Waals surface area contributed by atoms with Crippen molar-refractivity contribution >= 4 is 6.09 Å². The zero-order valence-corrected chi connectivity index (χ0v) is 9.21. The third kappa shape index (κ3) is 3.54. The number of carboxylic acid groups (broad SMARTS) is 1. The van der Waals surface area contributed by atoms with Gasteiger partial charge in [0.2, 0.25) is 0 Å². The average Bonchev–Trinajstić information content (AvgIpc) is 2.01. The fourth-order valence-corrected chi connectivity index (χ4v) is 1.88. The van der Waals surface area contributed by atoms with Gasteiger partial charge in [-0.3, -0.25) is 0 Å². The Hall–Kier alpha value is -0.770. The van der Waals surface area contributed by atoms with Gasteiger partial charge in [-0.2, -0.15) is 0 Å². The summed E-state index contributed by atoms with van der Waals surface area (Å²) in [5.74, 6) is 0. The quantitative estimate of drug-likeness (QED) is 0.672. The van der Waals surface area contributed by atoms with Crippen molar-refractivity contribution in [2.75, 3.05) is 19.6 Å². The largest absolute Gasteiger partial charge is 0.465 e. The van der Waals surface area contributed by atoms with Crippen molar-refractivity contribution in [1.82, 2.24) is 10.2 Å². The molecule has 1 atom stereocenters. The van der Waals surface area contributed by atoms with Gasteiger partial charge in [-0.25, -0.2) is 4.79 Å². The normalized spacial score (nSPS) is 23.6. The summed E-state index contributed by atoms with van der Waals surface area (Å²) in [5, 5.41) is 12.2. The van der Waals surface area contributed by atoms with Gasteiger partial charge in [-0.15, -0.1) is 0 Å². The molecule has 1 heterocycles. The number of nitrogens with zero attached hydrogens (tertiary/aromatic N) is 1. The van der Waals surface area contributed by atoms with Gasteiger partial charge in [0.05, 0.1) is 0 Å². The first-order valence-corrected chi connectivity index (χ1v) is 5.10. The van der Waals surface area contributed by atoms with E-state index in [4.69, 9.17) is 5.11 Å². The molecule has 1 aliphatic rings. The van der Waals surface area contributed by atoms with Crippen molar-refractivity contribution in [3.8, 4) is 0 Å². The number of amides is 1. The summed E-state index contributed by atoms with van der Waals surface area (Å²) in [6.45, 7) is 8.52. The molecule has 0 saturated carbocycles. The molecule has 2 N–H and O–H groups in total. The molecule has 0 aliphatic carbocycles. The molecule has 4 nitrogen and oxygen atoms in total. The van der Waals surface area contributed by atoms with Crippen LogP contribution in [0.4, 0.5) is 4.79 Å². The van der Waals surface area contributed by atoms with Gasteiger partial charge in [0.25, 0.3) is 0 Å². The molecule has 14 heavy (non-hydrogen) atoms. The molecule has 1 saturated heterocycles. The minimum Gasteiger partial charge on any atom is -0.465 e. The van der Waals surface area contributed by atoms with E-state index in [1.54, 1.807) is 0 Å². The predicted octanol–water partition coefficient (Wildman–Crippen LogP) is 1.37. The first-order chi connectivity index (χ1) is 6.38. The van der Waals surface area contributed by atoms with Gasteiger partial charge in [-0.05, 0) is 11.8 Å². The summed E-state index contributed by atoms with van der Waals surface area (Å²) in [4.78, 5) is 12.3. The molecule has 1 aliphatic heterocycles. The number of hydrogen-bond acceptors (Lipinski definition) is 2. The van der Waals surface area contributed by atoms with Crippen LogP contribution in [0.3, 0.4) is 0 Å². The second-order valence-corrected chi connectivity index (χ2v) is 5.14. The van der Waals surface area contributed by atoms with Crippen LogP contribution in [-0.4, -0.2) is 41.8 Å². The zero-order chi connectivity index (χ0) is 10.8. The highest BCUT2D eigenvalue weighted by Gasteiger charge is 2.26. The smallest absolute Gasteiger partial charge is 0.407 e. The SMILES string of the molecule is CC(C)(C)C[C@@H]1CN(C(=O)O)CCN1. The highest BCUT2D eigenvalue weighted by Crippen LogP contribution is 2.22. The van der Waals surface area contributed by atoms with Crippen LogP contribution in [0, 0.1) is 5.41 Å². The van der Waals surface area contributed by atoms with Gasteiger partial charge >= 0.3 is 6.09 Å². The third-order valence-corrected chi connectivity index (χ3v) is 2.38. The molecular formula is C10H20N2O2. The van der Waals surface area contributed by atoms with E-state index >= 15 is 0 Å². The fourth-order valence-electron chi connectivity index (χ4n) is 1.88. The third-order valence-electron chi connectivity index (χ3n) is 2.38. The Morgan fingerprint density at radius 1 is 1.57 bits per heavy atom. The van der Waals surface area contributed by atoms with E-state index in [0.29, 0.717) is 19.1 Å². The number of rotatable bonds is 1. The lowest BCUT2D eigenvalue weighted by atomic mass is 9.87. The van der Waals surface area contributed by atoms with Crippen LogP contribution in [0.15, 0.2) is 0 Å². The fraction of sp³-hybridized carbons (Fsp3) is 0.900. The van der Waals surface area contributed by atoms with Crippen molar-refractivity contribution < 1.29 is 9.90 Å². The number of hydrogen-bond donors (Lipinski definition) is 2.